The van der Waals surface area contributed by atoms with Crippen LogP contribution in [-0.2, 0) is 25.8 Å². The van der Waals surface area contributed by atoms with Crippen molar-refractivity contribution in [1.82, 2.24) is 29.3 Å². The molecule has 0 N–H and O–H groups in total. The fraction of sp³-hybridized carbons (Fsp3) is 0.350. The second-order valence-electron chi connectivity index (χ2n) is 7.25. The second kappa shape index (κ2) is 7.88. The molecule has 1 aliphatic rings. The zero-order valence-electron chi connectivity index (χ0n) is 16.3. The Hall–Kier alpha value is -2.65. The van der Waals surface area contributed by atoms with Gasteiger partial charge in [0.15, 0.2) is 0 Å². The van der Waals surface area contributed by atoms with Gasteiger partial charge in [-0.1, -0.05) is 29.8 Å². The van der Waals surface area contributed by atoms with Gasteiger partial charge in [0.25, 0.3) is 10.8 Å². The van der Waals surface area contributed by atoms with E-state index in [9.17, 15) is 4.79 Å². The summed E-state index contributed by atoms with van der Waals surface area (Å²) in [5, 5.41) is 9.91. The summed E-state index contributed by atoms with van der Waals surface area (Å²) in [6.07, 6.45) is 5.64. The SMILES string of the molecule is Cn1c(Cl)cnc1CSc1nnc(-c2ccc3c(=O)n4c(nc3c2)CCCCC4)o1. The lowest BCUT2D eigenvalue weighted by Gasteiger charge is -2.10. The maximum absolute atomic E-state index is 12.9. The number of benzene rings is 1. The number of imidazole rings is 1. The smallest absolute Gasteiger partial charge is 0.277 e. The molecular formula is C20H19ClN6O2S. The molecule has 0 fully saturated rings. The highest BCUT2D eigenvalue weighted by Crippen LogP contribution is 2.27. The minimum absolute atomic E-state index is 0.0268. The summed E-state index contributed by atoms with van der Waals surface area (Å²) in [4.78, 5) is 21.9. The van der Waals surface area contributed by atoms with Crippen LogP contribution in [0.3, 0.4) is 0 Å². The van der Waals surface area contributed by atoms with Gasteiger partial charge in [-0.25, -0.2) is 9.97 Å². The van der Waals surface area contributed by atoms with Crippen molar-refractivity contribution < 1.29 is 4.42 Å². The monoisotopic (exact) mass is 442 g/mol. The zero-order chi connectivity index (χ0) is 20.7. The molecule has 0 atom stereocenters. The zero-order valence-corrected chi connectivity index (χ0v) is 17.9. The summed E-state index contributed by atoms with van der Waals surface area (Å²) in [7, 11) is 1.86. The van der Waals surface area contributed by atoms with E-state index in [2.05, 4.69) is 15.2 Å². The maximum Gasteiger partial charge on any atom is 0.277 e. The van der Waals surface area contributed by atoms with E-state index in [0.29, 0.717) is 32.9 Å². The molecule has 10 heteroatoms. The van der Waals surface area contributed by atoms with Crippen LogP contribution in [0, 0.1) is 0 Å². The topological polar surface area (TPSA) is 91.6 Å². The number of hydrogen-bond donors (Lipinski definition) is 0. The molecule has 5 rings (SSSR count). The Labute approximate surface area is 181 Å². The third kappa shape index (κ3) is 3.52. The van der Waals surface area contributed by atoms with Crippen molar-refractivity contribution >= 4 is 34.3 Å². The van der Waals surface area contributed by atoms with Crippen LogP contribution < -0.4 is 5.56 Å². The fourth-order valence-corrected chi connectivity index (χ4v) is 4.52. The lowest BCUT2D eigenvalue weighted by Crippen LogP contribution is -2.24. The van der Waals surface area contributed by atoms with Crippen LogP contribution in [0.5, 0.6) is 0 Å². The number of hydrogen-bond acceptors (Lipinski definition) is 7. The summed E-state index contributed by atoms with van der Waals surface area (Å²) in [6.45, 7) is 0.740. The third-order valence-electron chi connectivity index (χ3n) is 5.32. The minimum atomic E-state index is 0.0268. The number of fused-ring (bicyclic) bond motifs is 2. The van der Waals surface area contributed by atoms with Crippen LogP contribution in [-0.4, -0.2) is 29.3 Å². The molecule has 3 aromatic heterocycles. The summed E-state index contributed by atoms with van der Waals surface area (Å²) in [6, 6.07) is 5.48. The lowest BCUT2D eigenvalue weighted by molar-refractivity contribution is 0.465. The normalized spacial score (nSPS) is 14.1. The molecule has 1 aliphatic heterocycles. The van der Waals surface area contributed by atoms with Crippen LogP contribution in [0.4, 0.5) is 0 Å². The van der Waals surface area contributed by atoms with Gasteiger partial charge in [-0.05, 0) is 31.0 Å². The van der Waals surface area contributed by atoms with Gasteiger partial charge in [0, 0.05) is 25.6 Å². The van der Waals surface area contributed by atoms with Crippen molar-refractivity contribution in [3.8, 4) is 11.5 Å². The molecule has 4 heterocycles. The molecule has 1 aromatic carbocycles. The van der Waals surface area contributed by atoms with Crippen LogP contribution in [0.2, 0.25) is 5.15 Å². The van der Waals surface area contributed by atoms with Crippen molar-refractivity contribution in [3.05, 3.63) is 51.6 Å². The maximum atomic E-state index is 12.9. The molecule has 0 aliphatic carbocycles. The van der Waals surface area contributed by atoms with E-state index in [4.69, 9.17) is 21.0 Å². The predicted molar refractivity (Wildman–Crippen MR) is 115 cm³/mol. The standard InChI is InChI=1S/C20H19ClN6O2S/c1-26-15(21)10-22-17(26)11-30-20-25-24-18(29-20)12-6-7-13-14(9-12)23-16-5-3-2-4-8-27(16)19(13)28/h6-7,9-10H,2-5,8,11H2,1H3. The van der Waals surface area contributed by atoms with Crippen LogP contribution >= 0.6 is 23.4 Å². The Kier molecular flexibility index (Phi) is 5.08. The van der Waals surface area contributed by atoms with E-state index in [1.165, 1.54) is 11.8 Å². The van der Waals surface area contributed by atoms with E-state index < -0.39 is 0 Å². The second-order valence-corrected chi connectivity index (χ2v) is 8.56. The van der Waals surface area contributed by atoms with Crippen molar-refractivity contribution in [3.63, 3.8) is 0 Å². The molecule has 0 radical (unpaired) electrons. The van der Waals surface area contributed by atoms with E-state index >= 15 is 0 Å². The molecule has 0 amide bonds. The van der Waals surface area contributed by atoms with Crippen molar-refractivity contribution in [2.75, 3.05) is 0 Å². The van der Waals surface area contributed by atoms with Gasteiger partial charge in [-0.2, -0.15) is 0 Å². The Morgan fingerprint density at radius 1 is 1.23 bits per heavy atom. The average Bonchev–Trinajstić information content (AvgIpc) is 3.26. The average molecular weight is 443 g/mol. The molecule has 0 saturated carbocycles. The summed E-state index contributed by atoms with van der Waals surface area (Å²) < 4.78 is 9.44. The first kappa shape index (κ1) is 19.3. The number of nitrogens with zero attached hydrogens (tertiary/aromatic N) is 6. The van der Waals surface area contributed by atoms with Gasteiger partial charge in [0.2, 0.25) is 5.89 Å². The van der Waals surface area contributed by atoms with Crippen molar-refractivity contribution in [2.45, 2.75) is 43.2 Å². The summed E-state index contributed by atoms with van der Waals surface area (Å²) in [5.41, 5.74) is 1.44. The van der Waals surface area contributed by atoms with Crippen LogP contribution in [0.25, 0.3) is 22.4 Å². The van der Waals surface area contributed by atoms with E-state index in [-0.39, 0.29) is 5.56 Å². The van der Waals surface area contributed by atoms with E-state index in [0.717, 1.165) is 49.4 Å². The predicted octanol–water partition coefficient (Wildman–Crippen LogP) is 3.85. The van der Waals surface area contributed by atoms with E-state index in [1.54, 1.807) is 12.3 Å². The summed E-state index contributed by atoms with van der Waals surface area (Å²) >= 11 is 7.41. The van der Waals surface area contributed by atoms with E-state index in [1.807, 2.05) is 28.3 Å². The number of rotatable bonds is 4. The van der Waals surface area contributed by atoms with Gasteiger partial charge >= 0.3 is 0 Å². The van der Waals surface area contributed by atoms with Crippen LogP contribution in [0.1, 0.15) is 30.9 Å². The first-order chi connectivity index (χ1) is 14.6. The molecule has 30 heavy (non-hydrogen) atoms. The fourth-order valence-electron chi connectivity index (χ4n) is 3.62. The van der Waals surface area contributed by atoms with Gasteiger partial charge in [0.1, 0.15) is 16.8 Å². The minimum Gasteiger partial charge on any atom is -0.411 e. The van der Waals surface area contributed by atoms with Gasteiger partial charge < -0.3 is 8.98 Å². The first-order valence-electron chi connectivity index (χ1n) is 9.76. The molecule has 4 aromatic rings. The van der Waals surface area contributed by atoms with Crippen molar-refractivity contribution in [1.29, 1.82) is 0 Å². The quantitative estimate of drug-likeness (QED) is 0.443. The molecule has 0 saturated heterocycles. The number of aryl methyl sites for hydroxylation is 1. The van der Waals surface area contributed by atoms with Crippen LogP contribution in [0.15, 0.2) is 38.8 Å². The Morgan fingerprint density at radius 2 is 2.13 bits per heavy atom. The lowest BCUT2D eigenvalue weighted by atomic mass is 10.1. The molecule has 154 valence electrons. The number of halogens is 1. The first-order valence-corrected chi connectivity index (χ1v) is 11.1. The van der Waals surface area contributed by atoms with Crippen molar-refractivity contribution in [2.24, 2.45) is 7.05 Å². The Morgan fingerprint density at radius 3 is 2.97 bits per heavy atom. The van der Waals surface area contributed by atoms with Gasteiger partial charge in [-0.3, -0.25) is 9.36 Å². The molecule has 8 nitrogen and oxygen atoms in total. The third-order valence-corrected chi connectivity index (χ3v) is 6.49. The van der Waals surface area contributed by atoms with Gasteiger partial charge in [-0.15, -0.1) is 10.2 Å². The number of aromatic nitrogens is 6. The largest absolute Gasteiger partial charge is 0.411 e. The van der Waals surface area contributed by atoms with Gasteiger partial charge in [0.05, 0.1) is 22.9 Å². The highest BCUT2D eigenvalue weighted by atomic mass is 35.5. The Balaban J connectivity index is 1.42. The molecule has 0 spiro atoms. The molecule has 0 bridgehead atoms. The Bertz CT molecular complexity index is 1290. The number of thioether (sulfide) groups is 1. The highest BCUT2D eigenvalue weighted by Gasteiger charge is 2.16. The highest BCUT2D eigenvalue weighted by molar-refractivity contribution is 7.98. The molecule has 0 unspecified atom stereocenters. The summed E-state index contributed by atoms with van der Waals surface area (Å²) in [5.74, 6) is 2.64. The molecular weight excluding hydrogens is 424 g/mol.